The van der Waals surface area contributed by atoms with Crippen LogP contribution in [0.1, 0.15) is 30.9 Å². The van der Waals surface area contributed by atoms with E-state index in [1.165, 1.54) is 5.56 Å². The molecule has 0 spiro atoms. The van der Waals surface area contributed by atoms with Crippen molar-refractivity contribution < 1.29 is 9.84 Å². The molecule has 15 heavy (non-hydrogen) atoms. The monoisotopic (exact) mass is 270 g/mol. The maximum Gasteiger partial charge on any atom is 0.139 e. The van der Waals surface area contributed by atoms with Gasteiger partial charge in [0.05, 0.1) is 17.2 Å². The fourth-order valence-electron chi connectivity index (χ4n) is 1.79. The second-order valence-corrected chi connectivity index (χ2v) is 4.90. The summed E-state index contributed by atoms with van der Waals surface area (Å²) in [5.41, 5.74) is 1.51. The van der Waals surface area contributed by atoms with Crippen LogP contribution in [0, 0.1) is 0 Å². The van der Waals surface area contributed by atoms with Gasteiger partial charge in [-0.3, -0.25) is 0 Å². The van der Waals surface area contributed by atoms with Crippen LogP contribution in [0.5, 0.6) is 5.75 Å². The van der Waals surface area contributed by atoms with Gasteiger partial charge in [0.1, 0.15) is 5.75 Å². The van der Waals surface area contributed by atoms with Gasteiger partial charge in [-0.2, -0.15) is 0 Å². The highest BCUT2D eigenvalue weighted by Crippen LogP contribution is 2.50. The Hall–Kier alpha value is -0.540. The molecule has 1 N–H and O–H groups in total. The van der Waals surface area contributed by atoms with Crippen LogP contribution < -0.4 is 4.74 Å². The molecule has 1 fully saturated rings. The number of hydrogen-bond donors (Lipinski definition) is 1. The lowest BCUT2D eigenvalue weighted by molar-refractivity contribution is 0.147. The summed E-state index contributed by atoms with van der Waals surface area (Å²) in [6.07, 6.45) is 2.64. The van der Waals surface area contributed by atoms with Gasteiger partial charge in [-0.25, -0.2) is 0 Å². The van der Waals surface area contributed by atoms with Gasteiger partial charge in [0.25, 0.3) is 0 Å². The van der Waals surface area contributed by atoms with Crippen molar-refractivity contribution in [2.45, 2.75) is 31.8 Å². The second kappa shape index (κ2) is 3.80. The Labute approximate surface area is 98.4 Å². The molecule has 0 saturated heterocycles. The maximum atomic E-state index is 10.2. The lowest BCUT2D eigenvalue weighted by Gasteiger charge is -2.16. The normalized spacial score (nSPS) is 17.6. The van der Waals surface area contributed by atoms with Gasteiger partial charge < -0.3 is 9.84 Å². The third kappa shape index (κ3) is 1.91. The zero-order valence-electron chi connectivity index (χ0n) is 9.01. The third-order valence-electron chi connectivity index (χ3n) is 2.94. The Kier molecular flexibility index (Phi) is 2.77. The van der Waals surface area contributed by atoms with Crippen molar-refractivity contribution in [2.24, 2.45) is 0 Å². The van der Waals surface area contributed by atoms with Crippen LogP contribution in [0.3, 0.4) is 0 Å². The number of halogens is 1. The molecule has 0 aromatic heterocycles. The number of methoxy groups -OCH3 is 1. The molecule has 0 aliphatic heterocycles. The van der Waals surface area contributed by atoms with Crippen LogP contribution in [-0.4, -0.2) is 12.2 Å². The number of aryl methyl sites for hydroxylation is 1. The summed E-state index contributed by atoms with van der Waals surface area (Å²) in [5, 5.41) is 10.2. The fraction of sp³-hybridized carbons (Fsp3) is 0.500. The Balaban J connectivity index is 2.53. The summed E-state index contributed by atoms with van der Waals surface area (Å²) in [6, 6.07) is 4.10. The minimum Gasteiger partial charge on any atom is -0.495 e. The minimum absolute atomic E-state index is 0.640. The summed E-state index contributed by atoms with van der Waals surface area (Å²) >= 11 is 3.48. The van der Waals surface area contributed by atoms with Crippen molar-refractivity contribution in [2.75, 3.05) is 7.11 Å². The van der Waals surface area contributed by atoms with E-state index in [4.69, 9.17) is 4.74 Å². The van der Waals surface area contributed by atoms with Crippen LogP contribution in [0.25, 0.3) is 0 Å². The lowest BCUT2D eigenvalue weighted by Crippen LogP contribution is -2.08. The number of rotatable bonds is 3. The molecule has 1 saturated carbocycles. The molecule has 1 aliphatic carbocycles. The molecular weight excluding hydrogens is 256 g/mol. The van der Waals surface area contributed by atoms with E-state index in [0.717, 1.165) is 35.0 Å². The van der Waals surface area contributed by atoms with Crippen molar-refractivity contribution in [3.05, 3.63) is 27.7 Å². The van der Waals surface area contributed by atoms with Gasteiger partial charge >= 0.3 is 0 Å². The number of benzene rings is 1. The molecule has 0 radical (unpaired) electrons. The van der Waals surface area contributed by atoms with Crippen LogP contribution in [0.15, 0.2) is 16.6 Å². The smallest absolute Gasteiger partial charge is 0.139 e. The van der Waals surface area contributed by atoms with E-state index < -0.39 is 5.60 Å². The second-order valence-electron chi connectivity index (χ2n) is 4.04. The largest absolute Gasteiger partial charge is 0.495 e. The summed E-state index contributed by atoms with van der Waals surface area (Å²) < 4.78 is 6.27. The molecule has 0 atom stereocenters. The summed E-state index contributed by atoms with van der Waals surface area (Å²) in [5.74, 6) is 0.771. The van der Waals surface area contributed by atoms with Crippen LogP contribution >= 0.6 is 15.9 Å². The summed E-state index contributed by atoms with van der Waals surface area (Å²) in [6.45, 7) is 2.11. The standard InChI is InChI=1S/C12H15BrO2/c1-3-8-6-9(12(14)4-5-12)11(15-2)10(13)7-8/h6-7,14H,3-5H2,1-2H3. The van der Waals surface area contributed by atoms with Crippen LogP contribution in [0.4, 0.5) is 0 Å². The van der Waals surface area contributed by atoms with E-state index in [1.807, 2.05) is 6.07 Å². The van der Waals surface area contributed by atoms with E-state index in [-0.39, 0.29) is 0 Å². The van der Waals surface area contributed by atoms with Crippen molar-refractivity contribution in [3.63, 3.8) is 0 Å². The Morgan fingerprint density at radius 1 is 1.47 bits per heavy atom. The van der Waals surface area contributed by atoms with Gasteiger partial charge in [-0.1, -0.05) is 6.92 Å². The van der Waals surface area contributed by atoms with E-state index in [0.29, 0.717) is 0 Å². The first-order valence-electron chi connectivity index (χ1n) is 5.20. The molecule has 82 valence electrons. The Bertz CT molecular complexity index is 383. The molecule has 2 rings (SSSR count). The van der Waals surface area contributed by atoms with Gasteiger partial charge in [-0.05, 0) is 52.9 Å². The quantitative estimate of drug-likeness (QED) is 0.915. The van der Waals surface area contributed by atoms with Crippen molar-refractivity contribution in [3.8, 4) is 5.75 Å². The SMILES string of the molecule is CCc1cc(Br)c(OC)c(C2(O)CC2)c1. The molecule has 1 aromatic rings. The van der Waals surface area contributed by atoms with E-state index in [1.54, 1.807) is 7.11 Å². The Morgan fingerprint density at radius 3 is 2.60 bits per heavy atom. The number of aliphatic hydroxyl groups is 1. The van der Waals surface area contributed by atoms with Crippen LogP contribution in [-0.2, 0) is 12.0 Å². The molecule has 1 aromatic carbocycles. The van der Waals surface area contributed by atoms with Crippen molar-refractivity contribution in [1.82, 2.24) is 0 Å². The predicted molar refractivity (Wildman–Crippen MR) is 63.2 cm³/mol. The van der Waals surface area contributed by atoms with Crippen LogP contribution in [0.2, 0.25) is 0 Å². The van der Waals surface area contributed by atoms with Crippen molar-refractivity contribution in [1.29, 1.82) is 0 Å². The molecule has 3 heteroatoms. The first kappa shape index (κ1) is 11.0. The number of ether oxygens (including phenoxy) is 1. The van der Waals surface area contributed by atoms with Gasteiger partial charge in [0, 0.05) is 5.56 Å². The molecule has 1 aliphatic rings. The van der Waals surface area contributed by atoms with E-state index in [2.05, 4.69) is 28.9 Å². The zero-order valence-corrected chi connectivity index (χ0v) is 10.6. The molecule has 0 amide bonds. The predicted octanol–water partition coefficient (Wildman–Crippen LogP) is 3.00. The topological polar surface area (TPSA) is 29.5 Å². The third-order valence-corrected chi connectivity index (χ3v) is 3.53. The highest BCUT2D eigenvalue weighted by atomic mass is 79.9. The van der Waals surface area contributed by atoms with Crippen molar-refractivity contribution >= 4 is 15.9 Å². The molecule has 0 unspecified atom stereocenters. The number of hydrogen-bond acceptors (Lipinski definition) is 2. The molecule has 2 nitrogen and oxygen atoms in total. The minimum atomic E-state index is -0.640. The molecular formula is C12H15BrO2. The first-order valence-corrected chi connectivity index (χ1v) is 5.99. The highest BCUT2D eigenvalue weighted by Gasteiger charge is 2.44. The average Bonchev–Trinajstić information content (AvgIpc) is 2.96. The van der Waals surface area contributed by atoms with Gasteiger partial charge in [-0.15, -0.1) is 0 Å². The summed E-state index contributed by atoms with van der Waals surface area (Å²) in [4.78, 5) is 0. The van der Waals surface area contributed by atoms with Gasteiger partial charge in [0.15, 0.2) is 0 Å². The zero-order chi connectivity index (χ0) is 11.1. The highest BCUT2D eigenvalue weighted by molar-refractivity contribution is 9.10. The average molecular weight is 271 g/mol. The first-order chi connectivity index (χ1) is 7.10. The fourth-order valence-corrected chi connectivity index (χ4v) is 2.46. The van der Waals surface area contributed by atoms with E-state index >= 15 is 0 Å². The van der Waals surface area contributed by atoms with Gasteiger partial charge in [0.2, 0.25) is 0 Å². The lowest BCUT2D eigenvalue weighted by atomic mass is 10.0. The van der Waals surface area contributed by atoms with E-state index in [9.17, 15) is 5.11 Å². The molecule has 0 bridgehead atoms. The molecule has 0 heterocycles. The Morgan fingerprint density at radius 2 is 2.13 bits per heavy atom. The maximum absolute atomic E-state index is 10.2. The summed E-state index contributed by atoms with van der Waals surface area (Å²) in [7, 11) is 1.64.